The molecule has 0 saturated carbocycles. The second-order valence-corrected chi connectivity index (χ2v) is 7.71. The summed E-state index contributed by atoms with van der Waals surface area (Å²) < 4.78 is 14.5. The van der Waals surface area contributed by atoms with E-state index in [4.69, 9.17) is 11.6 Å². The summed E-state index contributed by atoms with van der Waals surface area (Å²) in [6, 6.07) is 11.5. The van der Waals surface area contributed by atoms with Crippen molar-refractivity contribution in [2.45, 2.75) is 6.54 Å². The van der Waals surface area contributed by atoms with Crippen LogP contribution in [0.25, 0.3) is 10.8 Å². The van der Waals surface area contributed by atoms with Crippen LogP contribution in [0.3, 0.4) is 0 Å². The summed E-state index contributed by atoms with van der Waals surface area (Å²) in [4.78, 5) is 13.0. The molecule has 4 rings (SSSR count). The Labute approximate surface area is 177 Å². The number of aromatic nitrogens is 1. The van der Waals surface area contributed by atoms with Gasteiger partial charge in [-0.2, -0.15) is 4.73 Å². The summed E-state index contributed by atoms with van der Waals surface area (Å²) in [7, 11) is 1.74. The van der Waals surface area contributed by atoms with Crippen molar-refractivity contribution in [1.29, 1.82) is 0 Å². The van der Waals surface area contributed by atoms with Crippen molar-refractivity contribution in [3.05, 3.63) is 93.6 Å². The zero-order chi connectivity index (χ0) is 21.5. The Morgan fingerprint density at radius 3 is 2.80 bits per heavy atom. The van der Waals surface area contributed by atoms with Crippen LogP contribution in [0.15, 0.2) is 66.8 Å². The van der Waals surface area contributed by atoms with Gasteiger partial charge in [0.2, 0.25) is 5.70 Å². The number of amides is 1. The normalized spacial score (nSPS) is 18.5. The van der Waals surface area contributed by atoms with Gasteiger partial charge >= 0.3 is 5.91 Å². The highest BCUT2D eigenvalue weighted by Crippen LogP contribution is 2.33. The van der Waals surface area contributed by atoms with Crippen LogP contribution in [0.5, 0.6) is 0 Å². The molecule has 30 heavy (non-hydrogen) atoms. The Bertz CT molecular complexity index is 1190. The number of carbonyl (C=O) groups is 1. The standard InChI is InChI=1S/C21H18ClFN4O3/c1-27(16-5-2-4-15(22)8-16)13-26(30)12-20(27)21(28)24-9-14-10-25(29)11-18-17(14)6-3-7-19(18)23/h2-8,10-12H,9,13H2,1H3,(H,24,28). The number of nitrogens with zero attached hydrogens (tertiary/aromatic N) is 3. The van der Waals surface area contributed by atoms with Crippen LogP contribution in [-0.2, 0) is 11.3 Å². The van der Waals surface area contributed by atoms with Gasteiger partial charge in [0, 0.05) is 28.6 Å². The van der Waals surface area contributed by atoms with Gasteiger partial charge in [-0.25, -0.2) is 8.87 Å². The first-order chi connectivity index (χ1) is 14.3. The molecule has 0 aliphatic carbocycles. The van der Waals surface area contributed by atoms with Gasteiger partial charge in [0.15, 0.2) is 19.1 Å². The van der Waals surface area contributed by atoms with Crippen LogP contribution in [0.4, 0.5) is 10.1 Å². The van der Waals surface area contributed by atoms with Gasteiger partial charge in [0.05, 0.1) is 18.6 Å². The lowest BCUT2D eigenvalue weighted by Crippen LogP contribution is -2.48. The molecule has 7 nitrogen and oxygen atoms in total. The van der Waals surface area contributed by atoms with Gasteiger partial charge in [0.1, 0.15) is 11.5 Å². The molecule has 1 atom stereocenters. The fourth-order valence-electron chi connectivity index (χ4n) is 3.69. The first-order valence-corrected chi connectivity index (χ1v) is 9.52. The molecule has 1 N–H and O–H groups in total. The number of quaternary nitrogens is 1. The largest absolute Gasteiger partial charge is 0.755 e. The summed E-state index contributed by atoms with van der Waals surface area (Å²) in [5.74, 6) is -0.988. The number of halogens is 2. The van der Waals surface area contributed by atoms with Gasteiger partial charge < -0.3 is 20.8 Å². The van der Waals surface area contributed by atoms with E-state index in [1.54, 1.807) is 43.4 Å². The number of pyridine rings is 1. The summed E-state index contributed by atoms with van der Waals surface area (Å²) >= 11 is 6.09. The smallest absolute Gasteiger partial charge is 0.307 e. The number of likely N-dealkylation sites (N-methyl/N-ethyl adjacent to an activating group) is 1. The Morgan fingerprint density at radius 2 is 2.03 bits per heavy atom. The number of carbonyl (C=O) groups excluding carboxylic acids is 1. The van der Waals surface area contributed by atoms with Gasteiger partial charge in [-0.3, -0.25) is 4.79 Å². The fourth-order valence-corrected chi connectivity index (χ4v) is 3.87. The highest BCUT2D eigenvalue weighted by Gasteiger charge is 2.40. The lowest BCUT2D eigenvalue weighted by molar-refractivity contribution is -0.604. The minimum Gasteiger partial charge on any atom is -0.755 e. The molecule has 2 heterocycles. The van der Waals surface area contributed by atoms with E-state index in [0.29, 0.717) is 31.5 Å². The predicted molar refractivity (Wildman–Crippen MR) is 112 cm³/mol. The Hall–Kier alpha value is -3.20. The number of hydrogen-bond acceptors (Lipinski definition) is 4. The maximum absolute atomic E-state index is 14.1. The van der Waals surface area contributed by atoms with Crippen LogP contribution >= 0.6 is 11.6 Å². The van der Waals surface area contributed by atoms with Crippen LogP contribution in [-0.4, -0.2) is 24.7 Å². The van der Waals surface area contributed by atoms with E-state index in [9.17, 15) is 19.6 Å². The molecule has 154 valence electrons. The molecule has 0 radical (unpaired) electrons. The van der Waals surface area contributed by atoms with E-state index in [2.05, 4.69) is 5.32 Å². The Kier molecular flexibility index (Phi) is 5.07. The molecule has 3 aromatic rings. The quantitative estimate of drug-likeness (QED) is 0.393. The molecule has 0 fully saturated rings. The lowest BCUT2D eigenvalue weighted by atomic mass is 10.1. The van der Waals surface area contributed by atoms with Gasteiger partial charge in [-0.15, -0.1) is 0 Å². The highest BCUT2D eigenvalue weighted by atomic mass is 35.5. The zero-order valence-corrected chi connectivity index (χ0v) is 16.8. The SMILES string of the molecule is C[N+]1(c2cccc(Cl)c2)CN([O-])C=C1C(=O)NCc1c[n+]([O-])cc2c(F)cccc12. The Morgan fingerprint density at radius 1 is 1.27 bits per heavy atom. The van der Waals surface area contributed by atoms with Gasteiger partial charge in [-0.1, -0.05) is 29.8 Å². The van der Waals surface area contributed by atoms with Crippen LogP contribution < -0.4 is 14.5 Å². The molecule has 0 bridgehead atoms. The van der Waals surface area contributed by atoms with Crippen molar-refractivity contribution in [2.75, 3.05) is 13.7 Å². The Balaban J connectivity index is 1.62. The molecule has 1 unspecified atom stereocenters. The number of rotatable bonds is 4. The molecular formula is C21H18ClFN4O3. The number of fused-ring (bicyclic) bond motifs is 1. The summed E-state index contributed by atoms with van der Waals surface area (Å²) in [6.45, 7) is 0.0107. The average molecular weight is 429 g/mol. The van der Waals surface area contributed by atoms with E-state index in [1.807, 2.05) is 0 Å². The average Bonchev–Trinajstić information content (AvgIpc) is 3.02. The molecule has 2 aromatic carbocycles. The summed E-state index contributed by atoms with van der Waals surface area (Å²) in [6.07, 6.45) is 3.68. The first-order valence-electron chi connectivity index (χ1n) is 9.14. The number of benzene rings is 2. The van der Waals surface area contributed by atoms with E-state index in [0.717, 1.165) is 6.20 Å². The topological polar surface area (TPSA) is 82.3 Å². The molecule has 1 aliphatic rings. The minimum absolute atomic E-state index is 0.00634. The molecule has 1 aromatic heterocycles. The second-order valence-electron chi connectivity index (χ2n) is 7.27. The van der Waals surface area contributed by atoms with Crippen molar-refractivity contribution in [2.24, 2.45) is 0 Å². The maximum atomic E-state index is 14.1. The lowest BCUT2D eigenvalue weighted by Gasteiger charge is -2.33. The third-order valence-corrected chi connectivity index (χ3v) is 5.44. The molecule has 0 spiro atoms. The van der Waals surface area contributed by atoms with E-state index < -0.39 is 11.7 Å². The van der Waals surface area contributed by atoms with E-state index in [-0.39, 0.29) is 28.8 Å². The summed E-state index contributed by atoms with van der Waals surface area (Å²) in [5.41, 5.74) is 1.38. The summed E-state index contributed by atoms with van der Waals surface area (Å²) in [5, 5.41) is 28.6. The van der Waals surface area contributed by atoms with E-state index >= 15 is 0 Å². The molecule has 0 saturated heterocycles. The zero-order valence-electron chi connectivity index (χ0n) is 16.0. The highest BCUT2D eigenvalue weighted by molar-refractivity contribution is 6.30. The van der Waals surface area contributed by atoms with Gasteiger partial charge in [0.25, 0.3) is 0 Å². The van der Waals surface area contributed by atoms with Crippen LogP contribution in [0.2, 0.25) is 5.02 Å². The minimum atomic E-state index is -0.518. The molecule has 1 aliphatic heterocycles. The third kappa shape index (κ3) is 3.56. The second kappa shape index (κ2) is 7.56. The van der Waals surface area contributed by atoms with Crippen LogP contribution in [0, 0.1) is 16.2 Å². The van der Waals surface area contributed by atoms with Crippen LogP contribution in [0.1, 0.15) is 5.56 Å². The monoisotopic (exact) mass is 428 g/mol. The molecule has 1 amide bonds. The van der Waals surface area contributed by atoms with Crippen molar-refractivity contribution < 1.29 is 13.9 Å². The van der Waals surface area contributed by atoms with Crippen molar-refractivity contribution in [3.63, 3.8) is 0 Å². The fraction of sp³-hybridized carbons (Fsp3) is 0.143. The number of nitrogens with one attached hydrogen (secondary N) is 1. The van der Waals surface area contributed by atoms with Crippen molar-refractivity contribution in [3.8, 4) is 0 Å². The number of hydroxylamine groups is 2. The van der Waals surface area contributed by atoms with Gasteiger partial charge in [-0.05, 0) is 18.2 Å². The maximum Gasteiger partial charge on any atom is 0.307 e. The van der Waals surface area contributed by atoms with Crippen molar-refractivity contribution >= 4 is 34.0 Å². The number of hydrogen-bond donors (Lipinski definition) is 1. The first kappa shape index (κ1) is 20.1. The van der Waals surface area contributed by atoms with E-state index in [1.165, 1.54) is 18.5 Å². The third-order valence-electron chi connectivity index (χ3n) is 5.21. The predicted octanol–water partition coefficient (Wildman–Crippen LogP) is 3.13. The molecular weight excluding hydrogens is 411 g/mol. The van der Waals surface area contributed by atoms with Crippen molar-refractivity contribution in [1.82, 2.24) is 14.9 Å². The molecule has 9 heteroatoms.